The van der Waals surface area contributed by atoms with Gasteiger partial charge in [0.2, 0.25) is 0 Å². The molecule has 0 saturated carbocycles. The molecular weight excluding hydrogens is 202 g/mol. The topological polar surface area (TPSA) is 57.2 Å². The molecule has 2 aromatic rings. The van der Waals surface area contributed by atoms with E-state index in [4.69, 9.17) is 0 Å². The van der Waals surface area contributed by atoms with Gasteiger partial charge in [-0.15, -0.1) is 0 Å². The molecule has 0 spiro atoms. The molecule has 1 aromatic heterocycles. The second-order valence-corrected chi connectivity index (χ2v) is 3.75. The fraction of sp³-hybridized carbons (Fsp3) is 0.167. The van der Waals surface area contributed by atoms with Crippen LogP contribution in [0.2, 0.25) is 0 Å². The molecule has 0 aliphatic carbocycles. The average Bonchev–Trinajstić information content (AvgIpc) is 2.73. The number of carbonyl (C=O) groups is 1. The summed E-state index contributed by atoms with van der Waals surface area (Å²) in [5, 5.41) is 4.91. The Morgan fingerprint density at radius 1 is 1.31 bits per heavy atom. The summed E-state index contributed by atoms with van der Waals surface area (Å²) in [6.07, 6.45) is 1.82. The van der Waals surface area contributed by atoms with Crippen molar-refractivity contribution in [1.29, 1.82) is 0 Å². The second-order valence-electron chi connectivity index (χ2n) is 3.75. The van der Waals surface area contributed by atoms with Crippen molar-refractivity contribution >= 4 is 22.5 Å². The molecule has 2 rings (SSSR count). The van der Waals surface area contributed by atoms with Crippen molar-refractivity contribution in [1.82, 2.24) is 10.4 Å². The van der Waals surface area contributed by atoms with E-state index < -0.39 is 0 Å². The number of para-hydroxylation sites is 1. The highest BCUT2D eigenvalue weighted by Gasteiger charge is 2.09. The Morgan fingerprint density at radius 2 is 2.12 bits per heavy atom. The van der Waals surface area contributed by atoms with Gasteiger partial charge in [-0.2, -0.15) is 5.10 Å². The van der Waals surface area contributed by atoms with E-state index in [1.54, 1.807) is 6.07 Å². The van der Waals surface area contributed by atoms with Crippen LogP contribution < -0.4 is 5.43 Å². The molecule has 4 nitrogen and oxygen atoms in total. The molecule has 16 heavy (non-hydrogen) atoms. The maximum atomic E-state index is 11.8. The summed E-state index contributed by atoms with van der Waals surface area (Å²) in [6.45, 7) is 3.66. The average molecular weight is 215 g/mol. The SMILES string of the molecule is CC(C)=NNC(=O)c1cccc2cc[nH]c12. The lowest BCUT2D eigenvalue weighted by molar-refractivity contribution is 0.0956. The normalized spacial score (nSPS) is 10.1. The minimum absolute atomic E-state index is 0.200. The van der Waals surface area contributed by atoms with Crippen LogP contribution in [0.4, 0.5) is 0 Å². The molecule has 1 aromatic carbocycles. The van der Waals surface area contributed by atoms with Crippen LogP contribution in [-0.2, 0) is 0 Å². The number of hydrazone groups is 1. The van der Waals surface area contributed by atoms with Gasteiger partial charge in [0.15, 0.2) is 0 Å². The molecule has 2 N–H and O–H groups in total. The van der Waals surface area contributed by atoms with E-state index in [0.717, 1.165) is 16.6 Å². The molecule has 0 fully saturated rings. The number of rotatable bonds is 2. The van der Waals surface area contributed by atoms with Gasteiger partial charge in [-0.1, -0.05) is 12.1 Å². The molecule has 0 unspecified atom stereocenters. The first-order chi connectivity index (χ1) is 7.68. The smallest absolute Gasteiger partial charge is 0.273 e. The Bertz CT molecular complexity index is 550. The van der Waals surface area contributed by atoms with Crippen LogP contribution in [-0.4, -0.2) is 16.6 Å². The van der Waals surface area contributed by atoms with E-state index in [1.807, 2.05) is 38.2 Å². The Morgan fingerprint density at radius 3 is 2.88 bits per heavy atom. The number of hydrogen-bond donors (Lipinski definition) is 2. The highest BCUT2D eigenvalue weighted by Crippen LogP contribution is 2.16. The number of fused-ring (bicyclic) bond motifs is 1. The van der Waals surface area contributed by atoms with Crippen molar-refractivity contribution in [2.75, 3.05) is 0 Å². The van der Waals surface area contributed by atoms with Gasteiger partial charge in [-0.25, -0.2) is 5.43 Å². The first kappa shape index (κ1) is 10.4. The zero-order chi connectivity index (χ0) is 11.5. The molecular formula is C12H13N3O. The third kappa shape index (κ3) is 1.95. The minimum Gasteiger partial charge on any atom is -0.361 e. The molecule has 0 aliphatic heterocycles. The predicted molar refractivity (Wildman–Crippen MR) is 64.5 cm³/mol. The number of hydrogen-bond acceptors (Lipinski definition) is 2. The lowest BCUT2D eigenvalue weighted by Gasteiger charge is -2.02. The molecule has 1 heterocycles. The fourth-order valence-corrected chi connectivity index (χ4v) is 1.50. The number of nitrogens with one attached hydrogen (secondary N) is 2. The van der Waals surface area contributed by atoms with Crippen molar-refractivity contribution < 1.29 is 4.79 Å². The van der Waals surface area contributed by atoms with Crippen molar-refractivity contribution in [3.63, 3.8) is 0 Å². The van der Waals surface area contributed by atoms with Crippen molar-refractivity contribution in [2.24, 2.45) is 5.10 Å². The van der Waals surface area contributed by atoms with Crippen LogP contribution in [0.25, 0.3) is 10.9 Å². The van der Waals surface area contributed by atoms with Gasteiger partial charge >= 0.3 is 0 Å². The molecule has 1 amide bonds. The maximum Gasteiger partial charge on any atom is 0.273 e. The zero-order valence-corrected chi connectivity index (χ0v) is 9.24. The molecule has 0 bridgehead atoms. The second kappa shape index (κ2) is 4.18. The summed E-state index contributed by atoms with van der Waals surface area (Å²) < 4.78 is 0. The zero-order valence-electron chi connectivity index (χ0n) is 9.24. The molecule has 0 saturated heterocycles. The van der Waals surface area contributed by atoms with Gasteiger partial charge < -0.3 is 4.98 Å². The molecule has 82 valence electrons. The van der Waals surface area contributed by atoms with E-state index in [0.29, 0.717) is 5.56 Å². The summed E-state index contributed by atoms with van der Waals surface area (Å²) in [5.41, 5.74) is 4.76. The highest BCUT2D eigenvalue weighted by atomic mass is 16.2. The lowest BCUT2D eigenvalue weighted by atomic mass is 10.1. The quantitative estimate of drug-likeness (QED) is 0.586. The number of aromatic nitrogens is 1. The molecule has 0 atom stereocenters. The Labute approximate surface area is 93.4 Å². The van der Waals surface area contributed by atoms with Gasteiger partial charge in [0, 0.05) is 17.3 Å². The van der Waals surface area contributed by atoms with Crippen LogP contribution >= 0.6 is 0 Å². The molecule has 0 aliphatic rings. The summed E-state index contributed by atoms with van der Waals surface area (Å²) in [4.78, 5) is 14.9. The monoisotopic (exact) mass is 215 g/mol. The van der Waals surface area contributed by atoms with Gasteiger partial charge in [0.05, 0.1) is 11.1 Å². The third-order valence-electron chi connectivity index (χ3n) is 2.21. The van der Waals surface area contributed by atoms with Crippen LogP contribution in [0.5, 0.6) is 0 Å². The van der Waals surface area contributed by atoms with Gasteiger partial charge in [0.25, 0.3) is 5.91 Å². The first-order valence-electron chi connectivity index (χ1n) is 5.06. The number of nitrogens with zero attached hydrogens (tertiary/aromatic N) is 1. The first-order valence-corrected chi connectivity index (χ1v) is 5.06. The number of H-pyrrole nitrogens is 1. The number of aromatic amines is 1. The van der Waals surface area contributed by atoms with Crippen LogP contribution in [0.3, 0.4) is 0 Å². The van der Waals surface area contributed by atoms with Gasteiger partial charge in [-0.3, -0.25) is 4.79 Å². The number of carbonyl (C=O) groups excluding carboxylic acids is 1. The third-order valence-corrected chi connectivity index (χ3v) is 2.21. The Kier molecular flexibility index (Phi) is 2.72. The van der Waals surface area contributed by atoms with Crippen LogP contribution in [0.1, 0.15) is 24.2 Å². The van der Waals surface area contributed by atoms with Crippen LogP contribution in [0, 0.1) is 0 Å². The molecule has 4 heteroatoms. The number of benzene rings is 1. The van der Waals surface area contributed by atoms with Crippen LogP contribution in [0.15, 0.2) is 35.6 Å². The Hall–Kier alpha value is -2.10. The van der Waals surface area contributed by atoms with Crippen molar-refractivity contribution in [2.45, 2.75) is 13.8 Å². The summed E-state index contributed by atoms with van der Waals surface area (Å²) >= 11 is 0. The molecule has 0 radical (unpaired) electrons. The van der Waals surface area contributed by atoms with E-state index in [1.165, 1.54) is 0 Å². The minimum atomic E-state index is -0.200. The predicted octanol–water partition coefficient (Wildman–Crippen LogP) is 2.29. The largest absolute Gasteiger partial charge is 0.361 e. The highest BCUT2D eigenvalue weighted by molar-refractivity contribution is 6.05. The fourth-order valence-electron chi connectivity index (χ4n) is 1.50. The lowest BCUT2D eigenvalue weighted by Crippen LogP contribution is -2.18. The van der Waals surface area contributed by atoms with E-state index in [2.05, 4.69) is 15.5 Å². The van der Waals surface area contributed by atoms with Crippen molar-refractivity contribution in [3.05, 3.63) is 36.0 Å². The van der Waals surface area contributed by atoms with E-state index >= 15 is 0 Å². The standard InChI is InChI=1S/C12H13N3O/c1-8(2)14-15-12(16)10-5-3-4-9-6-7-13-11(9)10/h3-7,13H,1-2H3,(H,15,16). The van der Waals surface area contributed by atoms with Crippen molar-refractivity contribution in [3.8, 4) is 0 Å². The maximum absolute atomic E-state index is 11.8. The van der Waals surface area contributed by atoms with Gasteiger partial charge in [-0.05, 0) is 26.0 Å². The Balaban J connectivity index is 2.36. The summed E-state index contributed by atoms with van der Waals surface area (Å²) in [5.74, 6) is -0.200. The van der Waals surface area contributed by atoms with Gasteiger partial charge in [0.1, 0.15) is 0 Å². The number of amides is 1. The summed E-state index contributed by atoms with van der Waals surface area (Å²) in [6, 6.07) is 7.51. The summed E-state index contributed by atoms with van der Waals surface area (Å²) in [7, 11) is 0. The van der Waals surface area contributed by atoms with E-state index in [-0.39, 0.29) is 5.91 Å². The van der Waals surface area contributed by atoms with E-state index in [9.17, 15) is 4.79 Å².